The number of Topliss-reactive ketones (excluding diaryl/α,β-unsaturated/α-hetero) is 1. The molecule has 0 radical (unpaired) electrons. The molecule has 1 aromatic rings. The van der Waals surface area contributed by atoms with E-state index in [9.17, 15) is 4.79 Å². The molecule has 0 bridgehead atoms. The summed E-state index contributed by atoms with van der Waals surface area (Å²) in [4.78, 5) is 12.2. The van der Waals surface area contributed by atoms with E-state index in [-0.39, 0.29) is 0 Å². The maximum Gasteiger partial charge on any atom is 0.163 e. The summed E-state index contributed by atoms with van der Waals surface area (Å²) < 4.78 is 0. The third kappa shape index (κ3) is 7.45. The van der Waals surface area contributed by atoms with Crippen LogP contribution in [-0.4, -0.2) is 5.78 Å². The first kappa shape index (κ1) is 17.9. The molecular formula is C20H32O. The molecule has 0 saturated carbocycles. The summed E-state index contributed by atoms with van der Waals surface area (Å²) in [5, 5.41) is 0. The first-order valence-corrected chi connectivity index (χ1v) is 8.90. The van der Waals surface area contributed by atoms with E-state index in [0.29, 0.717) is 12.2 Å². The van der Waals surface area contributed by atoms with Gasteiger partial charge in [-0.15, -0.1) is 0 Å². The fourth-order valence-corrected chi connectivity index (χ4v) is 2.83. The predicted molar refractivity (Wildman–Crippen MR) is 92.0 cm³/mol. The van der Waals surface area contributed by atoms with Crippen molar-refractivity contribution in [3.05, 3.63) is 35.4 Å². The molecule has 0 saturated heterocycles. The highest BCUT2D eigenvalue weighted by molar-refractivity contribution is 5.97. The topological polar surface area (TPSA) is 17.1 Å². The Labute approximate surface area is 131 Å². The van der Waals surface area contributed by atoms with Gasteiger partial charge in [-0.2, -0.15) is 0 Å². The molecule has 0 atom stereocenters. The molecule has 0 heterocycles. The van der Waals surface area contributed by atoms with E-state index in [1.54, 1.807) is 0 Å². The number of carbonyl (C=O) groups is 1. The van der Waals surface area contributed by atoms with Crippen molar-refractivity contribution in [2.24, 2.45) is 0 Å². The number of hydrogen-bond donors (Lipinski definition) is 0. The molecule has 1 rings (SSSR count). The molecule has 0 amide bonds. The van der Waals surface area contributed by atoms with Crippen LogP contribution in [0.5, 0.6) is 0 Å². The highest BCUT2D eigenvalue weighted by atomic mass is 16.1. The summed E-state index contributed by atoms with van der Waals surface area (Å²) in [6.45, 7) is 4.37. The average Bonchev–Trinajstić information content (AvgIpc) is 2.53. The van der Waals surface area contributed by atoms with Crippen LogP contribution in [-0.2, 0) is 6.42 Å². The highest BCUT2D eigenvalue weighted by Crippen LogP contribution is 2.15. The zero-order valence-corrected chi connectivity index (χ0v) is 14.0. The van der Waals surface area contributed by atoms with Crippen LogP contribution < -0.4 is 0 Å². The van der Waals surface area contributed by atoms with Crippen LogP contribution in [0.25, 0.3) is 0 Å². The number of ketones is 1. The first-order valence-electron chi connectivity index (χ1n) is 8.90. The molecule has 0 aromatic heterocycles. The summed E-state index contributed by atoms with van der Waals surface area (Å²) >= 11 is 0. The van der Waals surface area contributed by atoms with Gasteiger partial charge in [0, 0.05) is 12.0 Å². The summed E-state index contributed by atoms with van der Waals surface area (Å²) in [7, 11) is 0. The van der Waals surface area contributed by atoms with E-state index in [1.165, 1.54) is 56.9 Å². The highest BCUT2D eigenvalue weighted by Gasteiger charge is 2.08. The Hall–Kier alpha value is -1.11. The van der Waals surface area contributed by atoms with Gasteiger partial charge in [0.15, 0.2) is 5.78 Å². The quantitative estimate of drug-likeness (QED) is 0.323. The molecule has 0 aliphatic heterocycles. The third-order valence-electron chi connectivity index (χ3n) is 4.21. The Morgan fingerprint density at radius 2 is 1.38 bits per heavy atom. The number of unbranched alkanes of at least 4 members (excludes halogenated alkanes) is 8. The van der Waals surface area contributed by atoms with Crippen molar-refractivity contribution in [3.8, 4) is 0 Å². The zero-order chi connectivity index (χ0) is 15.3. The Bertz CT molecular complexity index is 395. The van der Waals surface area contributed by atoms with Gasteiger partial charge in [-0.1, -0.05) is 89.5 Å². The lowest BCUT2D eigenvalue weighted by atomic mass is 9.98. The molecule has 21 heavy (non-hydrogen) atoms. The zero-order valence-electron chi connectivity index (χ0n) is 14.0. The standard InChI is InChI=1S/C20H32O/c1-3-5-6-7-8-9-10-11-12-17-20(21)19-16-14-13-15-18(19)4-2/h13-16H,3-12,17H2,1-2H3. The number of hydrogen-bond acceptors (Lipinski definition) is 1. The van der Waals surface area contributed by atoms with Crippen LogP contribution >= 0.6 is 0 Å². The van der Waals surface area contributed by atoms with Crippen LogP contribution in [0.2, 0.25) is 0 Å². The van der Waals surface area contributed by atoms with Gasteiger partial charge in [0.05, 0.1) is 0 Å². The van der Waals surface area contributed by atoms with Gasteiger partial charge in [0.1, 0.15) is 0 Å². The van der Waals surface area contributed by atoms with Crippen molar-refractivity contribution in [2.45, 2.75) is 84.5 Å². The summed E-state index contributed by atoms with van der Waals surface area (Å²) in [5.41, 5.74) is 2.14. The largest absolute Gasteiger partial charge is 0.294 e. The van der Waals surface area contributed by atoms with Gasteiger partial charge in [-0.05, 0) is 18.4 Å². The second-order valence-corrected chi connectivity index (χ2v) is 6.01. The lowest BCUT2D eigenvalue weighted by molar-refractivity contribution is 0.0978. The van der Waals surface area contributed by atoms with Crippen molar-refractivity contribution >= 4 is 5.78 Å². The van der Waals surface area contributed by atoms with Crippen LogP contribution in [0.3, 0.4) is 0 Å². The minimum absolute atomic E-state index is 0.329. The molecule has 0 aliphatic rings. The van der Waals surface area contributed by atoms with Gasteiger partial charge in [-0.3, -0.25) is 4.79 Å². The maximum atomic E-state index is 12.2. The van der Waals surface area contributed by atoms with Crippen molar-refractivity contribution in [3.63, 3.8) is 0 Å². The molecule has 1 heteroatoms. The van der Waals surface area contributed by atoms with Gasteiger partial charge in [-0.25, -0.2) is 0 Å². The smallest absolute Gasteiger partial charge is 0.163 e. The molecule has 0 fully saturated rings. The second-order valence-electron chi connectivity index (χ2n) is 6.01. The molecule has 0 spiro atoms. The average molecular weight is 288 g/mol. The van der Waals surface area contributed by atoms with Gasteiger partial charge in [0.25, 0.3) is 0 Å². The Kier molecular flexibility index (Phi) is 9.86. The SMILES string of the molecule is CCCCCCCCCCCC(=O)c1ccccc1CC. The fourth-order valence-electron chi connectivity index (χ4n) is 2.83. The number of aryl methyl sites for hydroxylation is 1. The molecule has 0 unspecified atom stereocenters. The van der Waals surface area contributed by atoms with Crippen molar-refractivity contribution in [2.75, 3.05) is 0 Å². The van der Waals surface area contributed by atoms with E-state index in [0.717, 1.165) is 18.4 Å². The van der Waals surface area contributed by atoms with Crippen LogP contribution in [0, 0.1) is 0 Å². The van der Waals surface area contributed by atoms with Crippen LogP contribution in [0.4, 0.5) is 0 Å². The minimum atomic E-state index is 0.329. The summed E-state index contributed by atoms with van der Waals surface area (Å²) in [6.07, 6.45) is 13.4. The van der Waals surface area contributed by atoms with Crippen LogP contribution in [0.1, 0.15) is 94.0 Å². The number of rotatable bonds is 12. The maximum absolute atomic E-state index is 12.2. The van der Waals surface area contributed by atoms with E-state index in [1.807, 2.05) is 18.2 Å². The van der Waals surface area contributed by atoms with Gasteiger partial charge in [0.2, 0.25) is 0 Å². The van der Waals surface area contributed by atoms with Crippen molar-refractivity contribution < 1.29 is 4.79 Å². The van der Waals surface area contributed by atoms with Gasteiger partial charge >= 0.3 is 0 Å². The van der Waals surface area contributed by atoms with E-state index >= 15 is 0 Å². The van der Waals surface area contributed by atoms with Crippen molar-refractivity contribution in [1.29, 1.82) is 0 Å². The minimum Gasteiger partial charge on any atom is -0.294 e. The molecule has 0 N–H and O–H groups in total. The summed E-state index contributed by atoms with van der Waals surface area (Å²) in [6, 6.07) is 8.05. The van der Waals surface area contributed by atoms with Gasteiger partial charge < -0.3 is 0 Å². The van der Waals surface area contributed by atoms with Crippen molar-refractivity contribution in [1.82, 2.24) is 0 Å². The lowest BCUT2D eigenvalue weighted by Gasteiger charge is -2.06. The fraction of sp³-hybridized carbons (Fsp3) is 0.650. The molecule has 0 aliphatic carbocycles. The van der Waals surface area contributed by atoms with E-state index < -0.39 is 0 Å². The first-order chi connectivity index (χ1) is 10.3. The molecule has 1 aromatic carbocycles. The number of benzene rings is 1. The number of carbonyl (C=O) groups excluding carboxylic acids is 1. The van der Waals surface area contributed by atoms with Crippen LogP contribution in [0.15, 0.2) is 24.3 Å². The molecule has 1 nitrogen and oxygen atoms in total. The van der Waals surface area contributed by atoms with E-state index in [4.69, 9.17) is 0 Å². The predicted octanol–water partition coefficient (Wildman–Crippen LogP) is 6.35. The van der Waals surface area contributed by atoms with E-state index in [2.05, 4.69) is 19.9 Å². The molecular weight excluding hydrogens is 256 g/mol. The lowest BCUT2D eigenvalue weighted by Crippen LogP contribution is -2.03. The monoisotopic (exact) mass is 288 g/mol. The Balaban J connectivity index is 2.11. The molecule has 118 valence electrons. The Morgan fingerprint density at radius 3 is 2.00 bits per heavy atom. The third-order valence-corrected chi connectivity index (χ3v) is 4.21. The second kappa shape index (κ2) is 11.5. The Morgan fingerprint density at radius 1 is 0.810 bits per heavy atom. The summed E-state index contributed by atoms with van der Waals surface area (Å²) in [5.74, 6) is 0.329. The normalized spacial score (nSPS) is 10.8.